The van der Waals surface area contributed by atoms with Crippen molar-refractivity contribution in [2.24, 2.45) is 16.3 Å². The lowest BCUT2D eigenvalue weighted by molar-refractivity contribution is 0.0947. The number of nitrogens with zero attached hydrogens (tertiary/aromatic N) is 2. The molecule has 1 aliphatic carbocycles. The molecule has 0 fully saturated rings. The SMILES string of the molecule is CCN(CC)c1ccc(C=Nc2sc3c(c2C(=O)NCc2ccco2)CC[C@H](C(C)(C)C)C3)c(O)c1. The minimum atomic E-state index is -0.133. The van der Waals surface area contributed by atoms with E-state index in [0.717, 1.165) is 43.6 Å². The Bertz CT molecular complexity index is 1220. The van der Waals surface area contributed by atoms with Gasteiger partial charge in [0.15, 0.2) is 0 Å². The highest BCUT2D eigenvalue weighted by Gasteiger charge is 2.33. The molecule has 1 amide bonds. The Morgan fingerprint density at radius 3 is 2.69 bits per heavy atom. The van der Waals surface area contributed by atoms with Crippen molar-refractivity contribution in [1.82, 2.24) is 5.32 Å². The number of carbonyl (C=O) groups is 1. The highest BCUT2D eigenvalue weighted by Crippen LogP contribution is 2.45. The first-order valence-corrected chi connectivity index (χ1v) is 13.6. The van der Waals surface area contributed by atoms with E-state index in [-0.39, 0.29) is 17.1 Å². The van der Waals surface area contributed by atoms with Crippen LogP contribution in [0.25, 0.3) is 0 Å². The molecule has 1 aliphatic rings. The second-order valence-corrected chi connectivity index (χ2v) is 11.5. The van der Waals surface area contributed by atoms with E-state index in [1.54, 1.807) is 29.9 Å². The maximum absolute atomic E-state index is 13.4. The summed E-state index contributed by atoms with van der Waals surface area (Å²) in [5.41, 5.74) is 3.60. The molecule has 192 valence electrons. The van der Waals surface area contributed by atoms with Gasteiger partial charge in [-0.15, -0.1) is 11.3 Å². The number of thiophene rings is 1. The van der Waals surface area contributed by atoms with Crippen molar-refractivity contribution in [2.45, 2.75) is 60.4 Å². The normalized spacial score (nSPS) is 15.8. The van der Waals surface area contributed by atoms with Gasteiger partial charge in [0.05, 0.1) is 18.4 Å². The number of carbonyl (C=O) groups excluding carboxylic acids is 1. The second kappa shape index (κ2) is 10.9. The van der Waals surface area contributed by atoms with Gasteiger partial charge in [-0.05, 0) is 74.3 Å². The van der Waals surface area contributed by atoms with Gasteiger partial charge in [-0.3, -0.25) is 4.79 Å². The first-order valence-electron chi connectivity index (χ1n) is 12.8. The van der Waals surface area contributed by atoms with Crippen molar-refractivity contribution in [3.63, 3.8) is 0 Å². The zero-order valence-corrected chi connectivity index (χ0v) is 22.7. The van der Waals surface area contributed by atoms with E-state index >= 15 is 0 Å². The van der Waals surface area contributed by atoms with Crippen molar-refractivity contribution in [3.05, 3.63) is 63.9 Å². The first kappa shape index (κ1) is 26.0. The molecule has 3 aromatic rings. The van der Waals surface area contributed by atoms with E-state index < -0.39 is 0 Å². The van der Waals surface area contributed by atoms with Gasteiger partial charge < -0.3 is 19.7 Å². The Balaban J connectivity index is 1.64. The minimum absolute atomic E-state index is 0.133. The van der Waals surface area contributed by atoms with Gasteiger partial charge in [-0.2, -0.15) is 0 Å². The van der Waals surface area contributed by atoms with Crippen LogP contribution in [0, 0.1) is 11.3 Å². The van der Waals surface area contributed by atoms with Crippen LogP contribution in [0.4, 0.5) is 10.7 Å². The maximum atomic E-state index is 13.4. The lowest BCUT2D eigenvalue weighted by atomic mass is 9.72. The Morgan fingerprint density at radius 2 is 2.06 bits per heavy atom. The van der Waals surface area contributed by atoms with Crippen LogP contribution in [0.5, 0.6) is 5.75 Å². The van der Waals surface area contributed by atoms with Crippen molar-refractivity contribution in [1.29, 1.82) is 0 Å². The molecule has 0 aliphatic heterocycles. The van der Waals surface area contributed by atoms with E-state index in [4.69, 9.17) is 9.41 Å². The zero-order valence-electron chi connectivity index (χ0n) is 21.9. The molecular weight excluding hydrogens is 470 g/mol. The van der Waals surface area contributed by atoms with Crippen LogP contribution in [0.15, 0.2) is 46.0 Å². The molecule has 7 heteroatoms. The predicted molar refractivity (Wildman–Crippen MR) is 148 cm³/mol. The fourth-order valence-electron chi connectivity index (χ4n) is 4.86. The molecule has 2 heterocycles. The number of benzene rings is 1. The molecule has 6 nitrogen and oxygen atoms in total. The topological polar surface area (TPSA) is 78.1 Å². The third kappa shape index (κ3) is 5.67. The first-order chi connectivity index (χ1) is 17.2. The third-order valence-electron chi connectivity index (χ3n) is 7.17. The Kier molecular flexibility index (Phi) is 7.88. The number of rotatable bonds is 8. The Hall–Kier alpha value is -3.06. The largest absolute Gasteiger partial charge is 0.507 e. The number of furan rings is 1. The molecule has 0 unspecified atom stereocenters. The van der Waals surface area contributed by atoms with Crippen LogP contribution in [0.2, 0.25) is 0 Å². The number of hydrogen-bond donors (Lipinski definition) is 2. The van der Waals surface area contributed by atoms with Gasteiger partial charge in [0.2, 0.25) is 0 Å². The van der Waals surface area contributed by atoms with E-state index in [2.05, 4.69) is 44.8 Å². The predicted octanol–water partition coefficient (Wildman–Crippen LogP) is 6.72. The van der Waals surface area contributed by atoms with Crippen LogP contribution in [0.3, 0.4) is 0 Å². The van der Waals surface area contributed by atoms with Gasteiger partial charge in [-0.25, -0.2) is 4.99 Å². The molecule has 36 heavy (non-hydrogen) atoms. The Labute approximate surface area is 218 Å². The summed E-state index contributed by atoms with van der Waals surface area (Å²) in [6.07, 6.45) is 6.16. The highest BCUT2D eigenvalue weighted by molar-refractivity contribution is 7.16. The molecule has 0 radical (unpaired) electrons. The van der Waals surface area contributed by atoms with Gasteiger partial charge in [0.25, 0.3) is 5.91 Å². The second-order valence-electron chi connectivity index (χ2n) is 10.4. The van der Waals surface area contributed by atoms with Crippen LogP contribution < -0.4 is 10.2 Å². The zero-order chi connectivity index (χ0) is 25.9. The monoisotopic (exact) mass is 507 g/mol. The van der Waals surface area contributed by atoms with Crippen molar-refractivity contribution >= 4 is 34.1 Å². The summed E-state index contributed by atoms with van der Waals surface area (Å²) >= 11 is 1.60. The van der Waals surface area contributed by atoms with Gasteiger partial charge in [0, 0.05) is 41.5 Å². The number of nitrogens with one attached hydrogen (secondary N) is 1. The van der Waals surface area contributed by atoms with E-state index in [1.807, 2.05) is 24.3 Å². The number of anilines is 1. The number of aliphatic imine (C=N–C) groups is 1. The van der Waals surface area contributed by atoms with Crippen LogP contribution in [0.1, 0.15) is 73.2 Å². The smallest absolute Gasteiger partial charge is 0.255 e. The summed E-state index contributed by atoms with van der Waals surface area (Å²) in [7, 11) is 0. The number of phenols is 1. The van der Waals surface area contributed by atoms with Gasteiger partial charge in [0.1, 0.15) is 16.5 Å². The highest BCUT2D eigenvalue weighted by atomic mass is 32.1. The molecule has 0 saturated carbocycles. The summed E-state index contributed by atoms with van der Waals surface area (Å²) in [6.45, 7) is 13.1. The minimum Gasteiger partial charge on any atom is -0.507 e. The summed E-state index contributed by atoms with van der Waals surface area (Å²) in [5.74, 6) is 1.33. The fraction of sp³-hybridized carbons (Fsp3) is 0.448. The molecular formula is C29H37N3O3S. The molecule has 2 N–H and O–H groups in total. The summed E-state index contributed by atoms with van der Waals surface area (Å²) in [6, 6.07) is 9.32. The molecule has 1 aromatic carbocycles. The number of phenolic OH excluding ortho intramolecular Hbond substituents is 1. The lowest BCUT2D eigenvalue weighted by Gasteiger charge is -2.33. The fourth-order valence-corrected chi connectivity index (χ4v) is 6.13. The van der Waals surface area contributed by atoms with Gasteiger partial charge in [-0.1, -0.05) is 20.8 Å². The van der Waals surface area contributed by atoms with Gasteiger partial charge >= 0.3 is 0 Å². The van der Waals surface area contributed by atoms with E-state index in [9.17, 15) is 9.90 Å². The van der Waals surface area contributed by atoms with Crippen molar-refractivity contribution < 1.29 is 14.3 Å². The summed E-state index contributed by atoms with van der Waals surface area (Å²) in [4.78, 5) is 21.5. The maximum Gasteiger partial charge on any atom is 0.255 e. The average molecular weight is 508 g/mol. The third-order valence-corrected chi connectivity index (χ3v) is 8.33. The number of hydrogen-bond acceptors (Lipinski definition) is 6. The molecule has 0 spiro atoms. The quantitative estimate of drug-likeness (QED) is 0.332. The molecule has 2 aromatic heterocycles. The standard InChI is InChI=1S/C29H37N3O3S/c1-6-32(7-2)21-12-10-19(24(33)16-21)17-31-28-26(27(34)30-18-22-9-8-14-35-22)23-13-11-20(29(3,4)5)15-25(23)36-28/h8-10,12,14,16-17,20,33H,6-7,11,13,15,18H2,1-5H3,(H,30,34)/t20-/m0/s1. The average Bonchev–Trinajstić information content (AvgIpc) is 3.49. The van der Waals surface area contributed by atoms with Crippen LogP contribution in [-0.2, 0) is 19.4 Å². The molecule has 0 saturated heterocycles. The number of amides is 1. The summed E-state index contributed by atoms with van der Waals surface area (Å²) in [5, 5.41) is 14.4. The van der Waals surface area contributed by atoms with Crippen molar-refractivity contribution in [3.8, 4) is 5.75 Å². The Morgan fingerprint density at radius 1 is 1.28 bits per heavy atom. The number of fused-ring (bicyclic) bond motifs is 1. The van der Waals surface area contributed by atoms with Crippen molar-refractivity contribution in [2.75, 3.05) is 18.0 Å². The molecule has 1 atom stereocenters. The van der Waals surface area contributed by atoms with Crippen LogP contribution >= 0.6 is 11.3 Å². The van der Waals surface area contributed by atoms with Crippen LogP contribution in [-0.4, -0.2) is 30.3 Å². The lowest BCUT2D eigenvalue weighted by Crippen LogP contribution is -2.28. The van der Waals surface area contributed by atoms with E-state index in [1.165, 1.54) is 4.88 Å². The number of aromatic hydroxyl groups is 1. The summed E-state index contributed by atoms with van der Waals surface area (Å²) < 4.78 is 5.38. The molecule has 4 rings (SSSR count). The van der Waals surface area contributed by atoms with E-state index in [0.29, 0.717) is 34.4 Å². The molecule has 0 bridgehead atoms.